The molecule has 4 heterocycles. The molecule has 0 radical (unpaired) electrons. The standard InChI is InChI=1S/C20H20F6N4O4S/c21-12-2-14(23)13(22)1-11(12)18-15(27)3-17(19(34-18)20(24,25)26)29-4-9-5-30(28-16(9)6-29)35(31,32)10-7-33-8-10/h1-2,5,10,15,17-19H,3-4,6-8,27H2/t15-,17+,18+,19+/m0/s1. The van der Waals surface area contributed by atoms with Crippen LogP contribution in [0, 0.1) is 17.5 Å². The van der Waals surface area contributed by atoms with Crippen LogP contribution in [0.2, 0.25) is 0 Å². The van der Waals surface area contributed by atoms with Gasteiger partial charge in [0.05, 0.1) is 18.9 Å². The summed E-state index contributed by atoms with van der Waals surface area (Å²) >= 11 is 0. The number of hydrogen-bond acceptors (Lipinski definition) is 7. The zero-order chi connectivity index (χ0) is 25.3. The van der Waals surface area contributed by atoms with Gasteiger partial charge >= 0.3 is 6.18 Å². The lowest BCUT2D eigenvalue weighted by Gasteiger charge is -2.44. The van der Waals surface area contributed by atoms with Crippen molar-refractivity contribution in [3.8, 4) is 0 Å². The maximum absolute atomic E-state index is 14.3. The lowest BCUT2D eigenvalue weighted by molar-refractivity contribution is -0.269. The fourth-order valence-corrected chi connectivity index (χ4v) is 5.96. The van der Waals surface area contributed by atoms with Gasteiger partial charge in [-0.3, -0.25) is 4.90 Å². The molecule has 0 spiro atoms. The highest BCUT2D eigenvalue weighted by atomic mass is 32.2. The van der Waals surface area contributed by atoms with Gasteiger partial charge in [0.2, 0.25) is 0 Å². The lowest BCUT2D eigenvalue weighted by atomic mass is 9.89. The van der Waals surface area contributed by atoms with Gasteiger partial charge in [-0.1, -0.05) is 0 Å². The molecule has 192 valence electrons. The molecule has 0 aliphatic carbocycles. The molecule has 0 amide bonds. The van der Waals surface area contributed by atoms with Crippen LogP contribution in [-0.2, 0) is 32.6 Å². The number of alkyl halides is 3. The Morgan fingerprint density at radius 2 is 1.74 bits per heavy atom. The van der Waals surface area contributed by atoms with Crippen LogP contribution < -0.4 is 5.73 Å². The summed E-state index contributed by atoms with van der Waals surface area (Å²) in [7, 11) is -3.77. The molecule has 2 N–H and O–H groups in total. The minimum atomic E-state index is -4.88. The summed E-state index contributed by atoms with van der Waals surface area (Å²) in [6, 6.07) is -1.78. The molecule has 4 atom stereocenters. The minimum Gasteiger partial charge on any atom is -0.378 e. The van der Waals surface area contributed by atoms with E-state index in [1.54, 1.807) is 0 Å². The molecule has 35 heavy (non-hydrogen) atoms. The summed E-state index contributed by atoms with van der Waals surface area (Å²) in [6.07, 6.45) is -7.97. The maximum Gasteiger partial charge on any atom is 0.416 e. The summed E-state index contributed by atoms with van der Waals surface area (Å²) in [5, 5.41) is 3.33. The molecule has 1 aromatic carbocycles. The second-order valence-corrected chi connectivity index (χ2v) is 10.9. The van der Waals surface area contributed by atoms with E-state index in [0.717, 1.165) is 4.09 Å². The number of fused-ring (bicyclic) bond motifs is 1. The zero-order valence-electron chi connectivity index (χ0n) is 17.9. The third kappa shape index (κ3) is 4.22. The second kappa shape index (κ2) is 8.44. The lowest BCUT2D eigenvalue weighted by Crippen LogP contribution is -2.58. The van der Waals surface area contributed by atoms with Gasteiger partial charge < -0.3 is 15.2 Å². The Kier molecular flexibility index (Phi) is 5.90. The monoisotopic (exact) mass is 526 g/mol. The average molecular weight is 526 g/mol. The van der Waals surface area contributed by atoms with Gasteiger partial charge in [-0.2, -0.15) is 22.4 Å². The highest BCUT2D eigenvalue weighted by Gasteiger charge is 2.54. The number of nitrogens with zero attached hydrogens (tertiary/aromatic N) is 3. The molecule has 1 aromatic heterocycles. The summed E-state index contributed by atoms with van der Waals surface area (Å²) in [6.45, 7) is -0.0351. The first-order valence-corrected chi connectivity index (χ1v) is 12.1. The first-order valence-electron chi connectivity index (χ1n) is 10.6. The predicted molar refractivity (Wildman–Crippen MR) is 107 cm³/mol. The molecular weight excluding hydrogens is 506 g/mol. The van der Waals surface area contributed by atoms with E-state index in [-0.39, 0.29) is 38.8 Å². The number of hydrogen-bond donors (Lipinski definition) is 1. The fourth-order valence-electron chi connectivity index (χ4n) is 4.63. The van der Waals surface area contributed by atoms with Crippen LogP contribution in [-0.4, -0.2) is 65.3 Å². The van der Waals surface area contributed by atoms with Crippen molar-refractivity contribution in [2.45, 2.75) is 55.2 Å². The van der Waals surface area contributed by atoms with Gasteiger partial charge in [-0.15, -0.1) is 0 Å². The predicted octanol–water partition coefficient (Wildman–Crippen LogP) is 1.98. The number of benzene rings is 1. The number of aromatic nitrogens is 2. The molecule has 3 aliphatic heterocycles. The smallest absolute Gasteiger partial charge is 0.378 e. The van der Waals surface area contributed by atoms with Crippen LogP contribution in [0.3, 0.4) is 0 Å². The van der Waals surface area contributed by atoms with Crippen molar-refractivity contribution in [1.29, 1.82) is 0 Å². The van der Waals surface area contributed by atoms with Crippen LogP contribution in [0.25, 0.3) is 0 Å². The van der Waals surface area contributed by atoms with E-state index in [0.29, 0.717) is 17.3 Å². The third-order valence-electron chi connectivity index (χ3n) is 6.55. The van der Waals surface area contributed by atoms with Gasteiger partial charge in [0.15, 0.2) is 17.7 Å². The molecule has 3 aliphatic rings. The molecule has 0 bridgehead atoms. The quantitative estimate of drug-likeness (QED) is 0.481. The SMILES string of the molecule is N[C@H]1C[C@@H](N2Cc3cn(S(=O)(=O)C4COC4)nc3C2)[C@H](C(F)(F)F)O[C@@H]1c1cc(F)c(F)cc1F. The number of halogens is 6. The number of ether oxygens (including phenoxy) is 2. The van der Waals surface area contributed by atoms with Crippen LogP contribution in [0.4, 0.5) is 26.3 Å². The maximum atomic E-state index is 14.3. The molecule has 8 nitrogen and oxygen atoms in total. The first kappa shape index (κ1) is 24.5. The van der Waals surface area contributed by atoms with Crippen molar-refractivity contribution in [3.63, 3.8) is 0 Å². The van der Waals surface area contributed by atoms with Crippen molar-refractivity contribution >= 4 is 10.0 Å². The van der Waals surface area contributed by atoms with Crippen molar-refractivity contribution < 1.29 is 44.2 Å². The topological polar surface area (TPSA) is 99.7 Å². The van der Waals surface area contributed by atoms with Crippen LogP contribution >= 0.6 is 0 Å². The van der Waals surface area contributed by atoms with E-state index in [1.165, 1.54) is 11.1 Å². The summed E-state index contributed by atoms with van der Waals surface area (Å²) in [4.78, 5) is 1.41. The van der Waals surface area contributed by atoms with Crippen LogP contribution in [0.15, 0.2) is 18.3 Å². The normalized spacial score (nSPS) is 28.2. The van der Waals surface area contributed by atoms with E-state index >= 15 is 0 Å². The van der Waals surface area contributed by atoms with Gasteiger partial charge in [0.25, 0.3) is 10.0 Å². The summed E-state index contributed by atoms with van der Waals surface area (Å²) in [5.41, 5.74) is 6.18. The molecule has 2 saturated heterocycles. The van der Waals surface area contributed by atoms with E-state index < -0.39 is 68.8 Å². The van der Waals surface area contributed by atoms with Gasteiger partial charge in [-0.25, -0.2) is 21.6 Å². The fraction of sp³-hybridized carbons (Fsp3) is 0.550. The Bertz CT molecular complexity index is 1230. The van der Waals surface area contributed by atoms with Crippen LogP contribution in [0.5, 0.6) is 0 Å². The highest BCUT2D eigenvalue weighted by Crippen LogP contribution is 2.42. The van der Waals surface area contributed by atoms with Crippen LogP contribution in [0.1, 0.15) is 29.3 Å². The van der Waals surface area contributed by atoms with Crippen molar-refractivity contribution in [3.05, 3.63) is 52.6 Å². The van der Waals surface area contributed by atoms with E-state index in [9.17, 15) is 34.8 Å². The van der Waals surface area contributed by atoms with Gasteiger partial charge in [0, 0.05) is 48.6 Å². The summed E-state index contributed by atoms with van der Waals surface area (Å²) in [5.74, 6) is -4.19. The summed E-state index contributed by atoms with van der Waals surface area (Å²) < 4.78 is 119. The molecule has 0 saturated carbocycles. The third-order valence-corrected chi connectivity index (χ3v) is 8.38. The molecule has 0 unspecified atom stereocenters. The first-order chi connectivity index (χ1) is 16.4. The minimum absolute atomic E-state index is 0.0381. The number of nitrogens with two attached hydrogens (primary N) is 1. The average Bonchev–Trinajstić information content (AvgIpc) is 3.28. The van der Waals surface area contributed by atoms with Crippen molar-refractivity contribution in [1.82, 2.24) is 14.1 Å². The van der Waals surface area contributed by atoms with E-state index in [1.807, 2.05) is 0 Å². The highest BCUT2D eigenvalue weighted by molar-refractivity contribution is 7.90. The molecule has 15 heteroatoms. The number of rotatable bonds is 4. The van der Waals surface area contributed by atoms with Gasteiger partial charge in [-0.05, 0) is 12.5 Å². The largest absolute Gasteiger partial charge is 0.416 e. The Morgan fingerprint density at radius 1 is 1.06 bits per heavy atom. The molecule has 2 fully saturated rings. The molecule has 2 aromatic rings. The zero-order valence-corrected chi connectivity index (χ0v) is 18.7. The van der Waals surface area contributed by atoms with Crippen molar-refractivity contribution in [2.75, 3.05) is 13.2 Å². The van der Waals surface area contributed by atoms with E-state index in [2.05, 4.69) is 5.10 Å². The Hall–Kier alpha value is -2.20. The van der Waals surface area contributed by atoms with E-state index in [4.69, 9.17) is 15.2 Å². The molecular formula is C20H20F6N4O4S. The Labute approximate surface area is 195 Å². The van der Waals surface area contributed by atoms with Gasteiger partial charge in [0.1, 0.15) is 17.2 Å². The second-order valence-electron chi connectivity index (χ2n) is 8.86. The van der Waals surface area contributed by atoms with Crippen molar-refractivity contribution in [2.24, 2.45) is 5.73 Å². The Balaban J connectivity index is 1.38. The molecule has 5 rings (SSSR count). The Morgan fingerprint density at radius 3 is 2.34 bits per heavy atom.